The fourth-order valence-electron chi connectivity index (χ4n) is 3.95. The molecule has 2 amide bonds. The highest BCUT2D eigenvalue weighted by Gasteiger charge is 2.29. The molecule has 6 nitrogen and oxygen atoms in total. The van der Waals surface area contributed by atoms with E-state index < -0.39 is 0 Å². The van der Waals surface area contributed by atoms with Gasteiger partial charge in [0, 0.05) is 43.1 Å². The number of fused-ring (bicyclic) bond motifs is 1. The van der Waals surface area contributed by atoms with E-state index in [1.807, 2.05) is 56.6 Å². The van der Waals surface area contributed by atoms with E-state index in [4.69, 9.17) is 0 Å². The average molecular weight is 441 g/mol. The molecular formula is C27H28N4O2. The largest absolute Gasteiger partial charge is 0.354 e. The van der Waals surface area contributed by atoms with Crippen molar-refractivity contribution >= 4 is 34.5 Å². The molecule has 0 radical (unpaired) electrons. The van der Waals surface area contributed by atoms with Crippen molar-refractivity contribution in [3.8, 4) is 0 Å². The maximum Gasteiger partial charge on any atom is 0.258 e. The van der Waals surface area contributed by atoms with Crippen LogP contribution in [0.5, 0.6) is 0 Å². The summed E-state index contributed by atoms with van der Waals surface area (Å²) in [4.78, 5) is 29.4. The van der Waals surface area contributed by atoms with Crippen molar-refractivity contribution in [1.29, 1.82) is 0 Å². The molecular weight excluding hydrogens is 412 g/mol. The van der Waals surface area contributed by atoms with Gasteiger partial charge in [-0.1, -0.05) is 42.5 Å². The number of anilines is 2. The van der Waals surface area contributed by atoms with E-state index >= 15 is 0 Å². The van der Waals surface area contributed by atoms with Crippen LogP contribution in [0.4, 0.5) is 11.4 Å². The zero-order chi connectivity index (χ0) is 23.5. The molecule has 0 spiro atoms. The van der Waals surface area contributed by atoms with Crippen molar-refractivity contribution in [2.75, 3.05) is 38.8 Å². The Kier molecular flexibility index (Phi) is 6.29. The second kappa shape index (κ2) is 9.30. The molecule has 3 aromatic rings. The van der Waals surface area contributed by atoms with E-state index in [9.17, 15) is 9.59 Å². The fourth-order valence-corrected chi connectivity index (χ4v) is 3.95. The van der Waals surface area contributed by atoms with Gasteiger partial charge < -0.3 is 20.4 Å². The zero-order valence-electron chi connectivity index (χ0n) is 19.3. The monoisotopic (exact) mass is 440 g/mol. The maximum absolute atomic E-state index is 13.2. The molecule has 3 aromatic carbocycles. The number of hydrogen-bond donors (Lipinski definition) is 2. The number of rotatable bonds is 6. The summed E-state index contributed by atoms with van der Waals surface area (Å²) in [5.41, 5.74) is 6.10. The van der Waals surface area contributed by atoms with Crippen LogP contribution < -0.4 is 10.6 Å². The third kappa shape index (κ3) is 4.81. The lowest BCUT2D eigenvalue weighted by Crippen LogP contribution is -2.21. The van der Waals surface area contributed by atoms with Crippen molar-refractivity contribution in [2.45, 2.75) is 6.54 Å². The van der Waals surface area contributed by atoms with Gasteiger partial charge in [-0.25, -0.2) is 0 Å². The van der Waals surface area contributed by atoms with Crippen molar-refractivity contribution < 1.29 is 9.59 Å². The third-order valence-electron chi connectivity index (χ3n) is 5.42. The standard InChI is InChI=1S/C27H28N4O2/c1-30(2)17-18-9-8-12-21(15-18)28-25(19-10-6-5-7-11-19)24-22-16-20(27(33)31(3)4)13-14-23(22)29-26(24)32/h5-16,28H,17H2,1-4H3,(H,29,32)/b25-24-. The number of hydrogen-bond acceptors (Lipinski definition) is 4. The van der Waals surface area contributed by atoms with Crippen molar-refractivity contribution in [3.05, 3.63) is 95.1 Å². The number of amides is 2. The minimum atomic E-state index is -0.199. The highest BCUT2D eigenvalue weighted by molar-refractivity contribution is 6.37. The van der Waals surface area contributed by atoms with Gasteiger partial charge in [0.1, 0.15) is 0 Å². The Labute approximate surface area is 194 Å². The summed E-state index contributed by atoms with van der Waals surface area (Å²) in [7, 11) is 7.49. The Morgan fingerprint density at radius 2 is 1.64 bits per heavy atom. The molecule has 0 unspecified atom stereocenters. The molecule has 0 bridgehead atoms. The zero-order valence-corrected chi connectivity index (χ0v) is 19.3. The highest BCUT2D eigenvalue weighted by Crippen LogP contribution is 2.38. The normalized spacial score (nSPS) is 14.0. The average Bonchev–Trinajstić information content (AvgIpc) is 3.12. The fraction of sp³-hybridized carbons (Fsp3) is 0.185. The summed E-state index contributed by atoms with van der Waals surface area (Å²) in [6.07, 6.45) is 0. The van der Waals surface area contributed by atoms with Crippen molar-refractivity contribution in [1.82, 2.24) is 9.80 Å². The van der Waals surface area contributed by atoms with E-state index in [0.29, 0.717) is 28.1 Å². The van der Waals surface area contributed by atoms with Gasteiger partial charge in [-0.15, -0.1) is 0 Å². The molecule has 0 atom stereocenters. The quantitative estimate of drug-likeness (QED) is 0.559. The summed E-state index contributed by atoms with van der Waals surface area (Å²) >= 11 is 0. The summed E-state index contributed by atoms with van der Waals surface area (Å²) in [5.74, 6) is -0.308. The van der Waals surface area contributed by atoms with Crippen LogP contribution in [-0.4, -0.2) is 49.8 Å². The van der Waals surface area contributed by atoms with Crippen LogP contribution in [-0.2, 0) is 11.3 Å². The Hall–Kier alpha value is -3.90. The lowest BCUT2D eigenvalue weighted by molar-refractivity contribution is -0.110. The van der Waals surface area contributed by atoms with Gasteiger partial charge in [-0.3, -0.25) is 9.59 Å². The molecule has 1 heterocycles. The Balaban J connectivity index is 1.85. The highest BCUT2D eigenvalue weighted by atomic mass is 16.2. The molecule has 0 fully saturated rings. The topological polar surface area (TPSA) is 64.7 Å². The van der Waals surface area contributed by atoms with Crippen LogP contribution in [0.15, 0.2) is 72.8 Å². The molecule has 1 aliphatic heterocycles. The Morgan fingerprint density at radius 3 is 2.33 bits per heavy atom. The molecule has 4 rings (SSSR count). The third-order valence-corrected chi connectivity index (χ3v) is 5.42. The molecule has 0 aliphatic carbocycles. The summed E-state index contributed by atoms with van der Waals surface area (Å²) in [6, 6.07) is 23.3. The van der Waals surface area contributed by atoms with Crippen LogP contribution in [0, 0.1) is 0 Å². The molecule has 1 aliphatic rings. The van der Waals surface area contributed by atoms with E-state index in [2.05, 4.69) is 27.7 Å². The first-order chi connectivity index (χ1) is 15.8. The lowest BCUT2D eigenvalue weighted by Gasteiger charge is -2.17. The van der Waals surface area contributed by atoms with Gasteiger partial charge in [0.25, 0.3) is 11.8 Å². The first-order valence-electron chi connectivity index (χ1n) is 10.8. The van der Waals surface area contributed by atoms with Gasteiger partial charge in [-0.2, -0.15) is 0 Å². The van der Waals surface area contributed by atoms with Crippen molar-refractivity contribution in [3.63, 3.8) is 0 Å². The van der Waals surface area contributed by atoms with Crippen molar-refractivity contribution in [2.24, 2.45) is 0 Å². The van der Waals surface area contributed by atoms with Gasteiger partial charge in [0.15, 0.2) is 0 Å². The van der Waals surface area contributed by atoms with E-state index in [-0.39, 0.29) is 11.8 Å². The number of nitrogens with one attached hydrogen (secondary N) is 2. The van der Waals surface area contributed by atoms with Crippen LogP contribution in [0.3, 0.4) is 0 Å². The Bertz CT molecular complexity index is 1230. The Morgan fingerprint density at radius 1 is 0.879 bits per heavy atom. The first kappa shape index (κ1) is 22.3. The summed E-state index contributed by atoms with van der Waals surface area (Å²) < 4.78 is 0. The molecule has 0 saturated heterocycles. The number of benzene rings is 3. The first-order valence-corrected chi connectivity index (χ1v) is 10.8. The van der Waals surface area contributed by atoms with Crippen LogP contribution in [0.25, 0.3) is 11.3 Å². The molecule has 6 heteroatoms. The van der Waals surface area contributed by atoms with E-state index in [1.165, 1.54) is 4.90 Å². The minimum Gasteiger partial charge on any atom is -0.354 e. The number of nitrogens with zero attached hydrogens (tertiary/aromatic N) is 2. The SMILES string of the molecule is CN(C)Cc1cccc(N/C(=C2\C(=O)Nc3ccc(C(=O)N(C)C)cc32)c2ccccc2)c1. The molecule has 168 valence electrons. The second-order valence-corrected chi connectivity index (χ2v) is 8.59. The summed E-state index contributed by atoms with van der Waals surface area (Å²) in [5, 5.41) is 6.45. The number of carbonyl (C=O) groups excluding carboxylic acids is 2. The van der Waals surface area contributed by atoms with Gasteiger partial charge in [0.05, 0.1) is 11.3 Å². The predicted molar refractivity (Wildman–Crippen MR) is 134 cm³/mol. The van der Waals surface area contributed by atoms with Crippen LogP contribution >= 0.6 is 0 Å². The number of carbonyl (C=O) groups is 2. The van der Waals surface area contributed by atoms with Crippen LogP contribution in [0.1, 0.15) is 27.0 Å². The predicted octanol–water partition coefficient (Wildman–Crippen LogP) is 4.38. The van der Waals surface area contributed by atoms with Gasteiger partial charge in [-0.05, 0) is 55.6 Å². The molecule has 33 heavy (non-hydrogen) atoms. The molecule has 0 aromatic heterocycles. The van der Waals surface area contributed by atoms with Gasteiger partial charge >= 0.3 is 0 Å². The second-order valence-electron chi connectivity index (χ2n) is 8.59. The van der Waals surface area contributed by atoms with E-state index in [0.717, 1.165) is 23.4 Å². The smallest absolute Gasteiger partial charge is 0.258 e. The molecule has 0 saturated carbocycles. The maximum atomic E-state index is 13.2. The van der Waals surface area contributed by atoms with E-state index in [1.54, 1.807) is 32.3 Å². The van der Waals surface area contributed by atoms with Crippen LogP contribution in [0.2, 0.25) is 0 Å². The lowest BCUT2D eigenvalue weighted by atomic mass is 9.98. The summed E-state index contributed by atoms with van der Waals surface area (Å²) in [6.45, 7) is 0.812. The minimum absolute atomic E-state index is 0.109. The molecule has 2 N–H and O–H groups in total. The van der Waals surface area contributed by atoms with Gasteiger partial charge in [0.2, 0.25) is 0 Å².